The van der Waals surface area contributed by atoms with E-state index >= 15 is 0 Å². The second-order valence-corrected chi connectivity index (χ2v) is 6.92. The maximum atomic E-state index is 2.25. The molecule has 0 rings (SSSR count). The molecule has 0 aliphatic heterocycles. The van der Waals surface area contributed by atoms with E-state index in [4.69, 9.17) is 0 Å². The van der Waals surface area contributed by atoms with Crippen LogP contribution in [0.25, 0.3) is 0 Å². The van der Waals surface area contributed by atoms with Gasteiger partial charge in [-0.1, -0.05) is 11.1 Å². The molecule has 0 saturated heterocycles. The zero-order valence-electron chi connectivity index (χ0n) is 10.2. The SMILES string of the molecule is CC(C)=CSCCSCCSC=C(C)C. The number of rotatable bonds is 8. The summed E-state index contributed by atoms with van der Waals surface area (Å²) < 4.78 is 0. The number of hydrogen-bond acceptors (Lipinski definition) is 3. The summed E-state index contributed by atoms with van der Waals surface area (Å²) in [6.07, 6.45) is 0. The molecule has 0 atom stereocenters. The first-order valence-electron chi connectivity index (χ1n) is 5.20. The van der Waals surface area contributed by atoms with E-state index in [-0.39, 0.29) is 0 Å². The molecular formula is C12H22S3. The van der Waals surface area contributed by atoms with Crippen molar-refractivity contribution in [2.45, 2.75) is 27.7 Å². The van der Waals surface area contributed by atoms with Gasteiger partial charge in [-0.2, -0.15) is 11.8 Å². The maximum Gasteiger partial charge on any atom is 0.00651 e. The average Bonchev–Trinajstić information content (AvgIpc) is 2.14. The van der Waals surface area contributed by atoms with E-state index in [1.54, 1.807) is 0 Å². The monoisotopic (exact) mass is 262 g/mol. The molecule has 0 fully saturated rings. The third-order valence-corrected chi connectivity index (χ3v) is 4.99. The van der Waals surface area contributed by atoms with Crippen molar-refractivity contribution < 1.29 is 0 Å². The summed E-state index contributed by atoms with van der Waals surface area (Å²) in [6, 6.07) is 0. The van der Waals surface area contributed by atoms with E-state index in [2.05, 4.69) is 50.3 Å². The van der Waals surface area contributed by atoms with Crippen LogP contribution in [0.1, 0.15) is 27.7 Å². The van der Waals surface area contributed by atoms with Crippen LogP contribution in [0.2, 0.25) is 0 Å². The molecule has 0 nitrogen and oxygen atoms in total. The van der Waals surface area contributed by atoms with Gasteiger partial charge < -0.3 is 0 Å². The van der Waals surface area contributed by atoms with E-state index in [0.717, 1.165) is 0 Å². The number of thioether (sulfide) groups is 3. The molecule has 0 amide bonds. The highest BCUT2D eigenvalue weighted by Gasteiger charge is 1.89. The van der Waals surface area contributed by atoms with Crippen molar-refractivity contribution in [1.82, 2.24) is 0 Å². The molecule has 88 valence electrons. The van der Waals surface area contributed by atoms with Crippen LogP contribution in [0.15, 0.2) is 22.0 Å². The Hall–Kier alpha value is 0.530. The minimum absolute atomic E-state index is 1.24. The lowest BCUT2D eigenvalue weighted by atomic mass is 10.4. The Bertz CT molecular complexity index is 177. The summed E-state index contributed by atoms with van der Waals surface area (Å²) in [7, 11) is 0. The van der Waals surface area contributed by atoms with E-state index in [0.29, 0.717) is 0 Å². The molecule has 0 saturated carbocycles. The number of allylic oxidation sites excluding steroid dienone is 2. The minimum atomic E-state index is 1.24. The van der Waals surface area contributed by atoms with Crippen LogP contribution in [0, 0.1) is 0 Å². The van der Waals surface area contributed by atoms with Gasteiger partial charge in [0, 0.05) is 23.0 Å². The predicted octanol–water partition coefficient (Wildman–Crippen LogP) is 5.03. The van der Waals surface area contributed by atoms with Gasteiger partial charge in [-0.15, -0.1) is 23.5 Å². The Labute approximate surface area is 108 Å². The Balaban J connectivity index is 3.12. The Kier molecular flexibility index (Phi) is 11.4. The highest BCUT2D eigenvalue weighted by Crippen LogP contribution is 2.13. The third kappa shape index (κ3) is 14.5. The van der Waals surface area contributed by atoms with Crippen molar-refractivity contribution in [1.29, 1.82) is 0 Å². The van der Waals surface area contributed by atoms with Crippen LogP contribution in [0.4, 0.5) is 0 Å². The first kappa shape index (κ1) is 15.5. The molecule has 0 heterocycles. The minimum Gasteiger partial charge on any atom is -0.160 e. The molecule has 0 bridgehead atoms. The van der Waals surface area contributed by atoms with Gasteiger partial charge in [-0.05, 0) is 38.5 Å². The molecule has 0 aliphatic rings. The lowest BCUT2D eigenvalue weighted by Crippen LogP contribution is -1.87. The average molecular weight is 263 g/mol. The van der Waals surface area contributed by atoms with Gasteiger partial charge in [0.15, 0.2) is 0 Å². The van der Waals surface area contributed by atoms with Crippen molar-refractivity contribution in [3.63, 3.8) is 0 Å². The Morgan fingerprint density at radius 2 is 1.13 bits per heavy atom. The van der Waals surface area contributed by atoms with Gasteiger partial charge in [0.1, 0.15) is 0 Å². The highest BCUT2D eigenvalue weighted by atomic mass is 32.2. The van der Waals surface area contributed by atoms with Crippen LogP contribution in [0.3, 0.4) is 0 Å². The zero-order chi connectivity index (χ0) is 11.5. The van der Waals surface area contributed by atoms with E-state index in [1.807, 2.05) is 23.5 Å². The Morgan fingerprint density at radius 3 is 1.47 bits per heavy atom. The van der Waals surface area contributed by atoms with Crippen LogP contribution in [-0.4, -0.2) is 23.0 Å². The summed E-state index contributed by atoms with van der Waals surface area (Å²) in [5.41, 5.74) is 2.81. The summed E-state index contributed by atoms with van der Waals surface area (Å²) in [5, 5.41) is 4.50. The first-order valence-corrected chi connectivity index (χ1v) is 8.46. The molecule has 0 aliphatic carbocycles. The molecule has 0 aromatic rings. The lowest BCUT2D eigenvalue weighted by molar-refractivity contribution is 1.41. The fraction of sp³-hybridized carbons (Fsp3) is 0.667. The molecule has 0 aromatic carbocycles. The summed E-state index contributed by atoms with van der Waals surface area (Å²) in [6.45, 7) is 8.60. The van der Waals surface area contributed by atoms with Crippen molar-refractivity contribution >= 4 is 35.3 Å². The van der Waals surface area contributed by atoms with E-state index in [1.165, 1.54) is 34.2 Å². The van der Waals surface area contributed by atoms with E-state index in [9.17, 15) is 0 Å². The highest BCUT2D eigenvalue weighted by molar-refractivity contribution is 8.06. The molecule has 15 heavy (non-hydrogen) atoms. The van der Waals surface area contributed by atoms with Crippen LogP contribution < -0.4 is 0 Å². The lowest BCUT2D eigenvalue weighted by Gasteiger charge is -1.99. The first-order chi connectivity index (χ1) is 7.13. The molecule has 0 aromatic heterocycles. The second kappa shape index (κ2) is 11.0. The van der Waals surface area contributed by atoms with Gasteiger partial charge in [-0.3, -0.25) is 0 Å². The fourth-order valence-corrected chi connectivity index (χ4v) is 3.59. The number of hydrogen-bond donors (Lipinski definition) is 0. The van der Waals surface area contributed by atoms with Crippen LogP contribution in [0.5, 0.6) is 0 Å². The largest absolute Gasteiger partial charge is 0.160 e. The van der Waals surface area contributed by atoms with Crippen molar-refractivity contribution in [2.75, 3.05) is 23.0 Å². The van der Waals surface area contributed by atoms with E-state index < -0.39 is 0 Å². The van der Waals surface area contributed by atoms with Gasteiger partial charge >= 0.3 is 0 Å². The summed E-state index contributed by atoms with van der Waals surface area (Å²) in [5.74, 6) is 5.01. The third-order valence-electron chi connectivity index (χ3n) is 1.33. The van der Waals surface area contributed by atoms with Crippen LogP contribution >= 0.6 is 35.3 Å². The molecule has 0 radical (unpaired) electrons. The molecule has 0 N–H and O–H groups in total. The molecule has 0 spiro atoms. The summed E-state index contributed by atoms with van der Waals surface area (Å²) >= 11 is 5.91. The quantitative estimate of drug-likeness (QED) is 0.563. The molecule has 3 heteroatoms. The van der Waals surface area contributed by atoms with Crippen LogP contribution in [-0.2, 0) is 0 Å². The van der Waals surface area contributed by atoms with Gasteiger partial charge in [0.05, 0.1) is 0 Å². The standard InChI is InChI=1S/C12H22S3/c1-11(2)9-14-7-5-13-6-8-15-10-12(3)4/h9-10H,5-8H2,1-4H3. The summed E-state index contributed by atoms with van der Waals surface area (Å²) in [4.78, 5) is 0. The fourth-order valence-electron chi connectivity index (χ4n) is 0.767. The van der Waals surface area contributed by atoms with Gasteiger partial charge in [-0.25, -0.2) is 0 Å². The van der Waals surface area contributed by atoms with Crippen molar-refractivity contribution in [3.8, 4) is 0 Å². The maximum absolute atomic E-state index is 2.25. The topological polar surface area (TPSA) is 0 Å². The van der Waals surface area contributed by atoms with Crippen molar-refractivity contribution in [2.24, 2.45) is 0 Å². The smallest absolute Gasteiger partial charge is 0.00651 e. The molecular weight excluding hydrogens is 240 g/mol. The Morgan fingerprint density at radius 1 is 0.733 bits per heavy atom. The second-order valence-electron chi connectivity index (χ2n) is 3.74. The van der Waals surface area contributed by atoms with Gasteiger partial charge in [0.2, 0.25) is 0 Å². The normalized spacial score (nSPS) is 9.87. The zero-order valence-corrected chi connectivity index (χ0v) is 12.7. The predicted molar refractivity (Wildman–Crippen MR) is 81.1 cm³/mol. The van der Waals surface area contributed by atoms with Crippen molar-refractivity contribution in [3.05, 3.63) is 22.0 Å². The van der Waals surface area contributed by atoms with Gasteiger partial charge in [0.25, 0.3) is 0 Å². The molecule has 0 unspecified atom stereocenters.